The van der Waals surface area contributed by atoms with Crippen LogP contribution in [0.15, 0.2) is 42.5 Å². The molecule has 188 valence electrons. The lowest BCUT2D eigenvalue weighted by Gasteiger charge is -2.42. The highest BCUT2D eigenvalue weighted by atomic mass is 35.5. The number of benzene rings is 3. The minimum absolute atomic E-state index is 0.00365. The Bertz CT molecular complexity index is 1380. The third kappa shape index (κ3) is 4.41. The summed E-state index contributed by atoms with van der Waals surface area (Å²) in [7, 11) is 0. The van der Waals surface area contributed by atoms with Crippen LogP contribution >= 0.6 is 11.6 Å². The van der Waals surface area contributed by atoms with E-state index in [1.54, 1.807) is 31.7 Å². The number of anilines is 1. The van der Waals surface area contributed by atoms with E-state index in [4.69, 9.17) is 21.1 Å². The molecule has 0 bridgehead atoms. The fourth-order valence-electron chi connectivity index (χ4n) is 4.64. The van der Waals surface area contributed by atoms with E-state index in [2.05, 4.69) is 0 Å². The molecule has 36 heavy (non-hydrogen) atoms. The largest absolute Gasteiger partial charge is 0.508 e. The van der Waals surface area contributed by atoms with Crippen molar-refractivity contribution in [3.63, 3.8) is 0 Å². The molecule has 1 fully saturated rings. The molecule has 1 N–H and O–H groups in total. The van der Waals surface area contributed by atoms with Gasteiger partial charge in [-0.25, -0.2) is 9.18 Å². The van der Waals surface area contributed by atoms with Crippen molar-refractivity contribution in [1.82, 2.24) is 4.90 Å². The Labute approximate surface area is 213 Å². The SMILES string of the molecule is CC(C)(C)OC(=O)N1CC(CN2C(=O)COc3c2cc(Cl)c(-c2cc(O)cc4ccccc24)c3F)C1. The van der Waals surface area contributed by atoms with E-state index in [1.165, 1.54) is 17.0 Å². The molecular formula is C27H26ClFN2O5. The van der Waals surface area contributed by atoms with Gasteiger partial charge < -0.3 is 24.4 Å². The van der Waals surface area contributed by atoms with E-state index in [0.29, 0.717) is 25.2 Å². The van der Waals surface area contributed by atoms with Crippen molar-refractivity contribution >= 4 is 40.1 Å². The molecule has 2 amide bonds. The van der Waals surface area contributed by atoms with Gasteiger partial charge in [-0.15, -0.1) is 0 Å². The summed E-state index contributed by atoms with van der Waals surface area (Å²) in [5, 5.41) is 11.8. The van der Waals surface area contributed by atoms with Crippen molar-refractivity contribution in [3.8, 4) is 22.6 Å². The fourth-order valence-corrected chi connectivity index (χ4v) is 4.93. The summed E-state index contributed by atoms with van der Waals surface area (Å²) in [6.45, 7) is 6.25. The number of fused-ring (bicyclic) bond motifs is 2. The third-order valence-corrected chi connectivity index (χ3v) is 6.55. The average Bonchev–Trinajstić information content (AvgIpc) is 2.75. The van der Waals surface area contributed by atoms with Gasteiger partial charge in [0.05, 0.1) is 10.7 Å². The molecule has 0 unspecified atom stereocenters. The minimum Gasteiger partial charge on any atom is -0.508 e. The summed E-state index contributed by atoms with van der Waals surface area (Å²) in [4.78, 5) is 28.0. The molecule has 1 saturated heterocycles. The summed E-state index contributed by atoms with van der Waals surface area (Å²) >= 11 is 6.59. The summed E-state index contributed by atoms with van der Waals surface area (Å²) < 4.78 is 26.8. The molecule has 0 radical (unpaired) electrons. The van der Waals surface area contributed by atoms with Crippen LogP contribution in [0.5, 0.6) is 11.5 Å². The zero-order chi connectivity index (χ0) is 25.8. The number of carbonyl (C=O) groups is 2. The second-order valence-corrected chi connectivity index (χ2v) is 10.6. The number of rotatable bonds is 3. The maximum Gasteiger partial charge on any atom is 0.410 e. The zero-order valence-electron chi connectivity index (χ0n) is 20.2. The van der Waals surface area contributed by atoms with Gasteiger partial charge in [0.15, 0.2) is 18.2 Å². The molecular weight excluding hydrogens is 487 g/mol. The lowest BCUT2D eigenvalue weighted by atomic mass is 9.95. The Morgan fingerprint density at radius 3 is 2.67 bits per heavy atom. The first-order chi connectivity index (χ1) is 17.0. The highest BCUT2D eigenvalue weighted by Crippen LogP contribution is 2.46. The molecule has 0 saturated carbocycles. The first-order valence-electron chi connectivity index (χ1n) is 11.7. The molecule has 3 aromatic carbocycles. The van der Waals surface area contributed by atoms with Gasteiger partial charge in [-0.05, 0) is 55.3 Å². The average molecular weight is 513 g/mol. The van der Waals surface area contributed by atoms with Gasteiger partial charge in [-0.3, -0.25) is 4.79 Å². The van der Waals surface area contributed by atoms with E-state index in [0.717, 1.165) is 10.8 Å². The van der Waals surface area contributed by atoms with Crippen LogP contribution in [0.2, 0.25) is 5.02 Å². The first-order valence-corrected chi connectivity index (χ1v) is 12.0. The molecule has 2 aliphatic rings. The molecule has 0 spiro atoms. The Kier molecular flexibility index (Phi) is 5.95. The van der Waals surface area contributed by atoms with Gasteiger partial charge >= 0.3 is 6.09 Å². The van der Waals surface area contributed by atoms with E-state index < -0.39 is 17.5 Å². The van der Waals surface area contributed by atoms with Crippen molar-refractivity contribution in [2.24, 2.45) is 5.92 Å². The zero-order valence-corrected chi connectivity index (χ0v) is 20.9. The van der Waals surface area contributed by atoms with Crippen LogP contribution in [0.25, 0.3) is 21.9 Å². The maximum atomic E-state index is 15.9. The number of amides is 2. The predicted molar refractivity (Wildman–Crippen MR) is 135 cm³/mol. The van der Waals surface area contributed by atoms with Gasteiger partial charge in [-0.1, -0.05) is 35.9 Å². The van der Waals surface area contributed by atoms with Crippen molar-refractivity contribution in [3.05, 3.63) is 53.3 Å². The summed E-state index contributed by atoms with van der Waals surface area (Å²) in [5.74, 6) is -1.10. The second kappa shape index (κ2) is 8.85. The highest BCUT2D eigenvalue weighted by molar-refractivity contribution is 6.34. The molecule has 0 aliphatic carbocycles. The van der Waals surface area contributed by atoms with Gasteiger partial charge in [0, 0.05) is 31.1 Å². The number of hydrogen-bond acceptors (Lipinski definition) is 5. The fraction of sp³-hybridized carbons (Fsp3) is 0.333. The molecule has 3 aromatic rings. The standard InChI is InChI=1S/C27H26ClFN2O5/c1-27(2,3)36-26(34)30-11-15(12-30)13-31-21-10-20(28)23(24(29)25(21)35-14-22(31)33)19-9-17(32)8-16-6-4-5-7-18(16)19/h4-10,15,32H,11-14H2,1-3H3. The predicted octanol–water partition coefficient (Wildman–Crippen LogP) is 5.60. The number of hydrogen-bond donors (Lipinski definition) is 1. The van der Waals surface area contributed by atoms with Crippen LogP contribution in [-0.4, -0.2) is 53.8 Å². The monoisotopic (exact) mass is 512 g/mol. The quantitative estimate of drug-likeness (QED) is 0.494. The number of ether oxygens (including phenoxy) is 2. The van der Waals surface area contributed by atoms with Gasteiger partial charge in [0.2, 0.25) is 0 Å². The lowest BCUT2D eigenvalue weighted by molar-refractivity contribution is -0.121. The van der Waals surface area contributed by atoms with Gasteiger partial charge in [-0.2, -0.15) is 0 Å². The van der Waals surface area contributed by atoms with Crippen molar-refractivity contribution in [2.45, 2.75) is 26.4 Å². The first kappa shape index (κ1) is 24.2. The van der Waals surface area contributed by atoms with Crippen LogP contribution in [-0.2, 0) is 9.53 Å². The maximum absolute atomic E-state index is 15.9. The number of aromatic hydroxyl groups is 1. The summed E-state index contributed by atoms with van der Waals surface area (Å²) in [5.41, 5.74) is 0.179. The number of likely N-dealkylation sites (tertiary alicyclic amines) is 1. The lowest BCUT2D eigenvalue weighted by Crippen LogP contribution is -2.56. The van der Waals surface area contributed by atoms with E-state index >= 15 is 4.39 Å². The Morgan fingerprint density at radius 2 is 1.94 bits per heavy atom. The van der Waals surface area contributed by atoms with E-state index in [9.17, 15) is 14.7 Å². The van der Waals surface area contributed by atoms with Crippen molar-refractivity contribution in [2.75, 3.05) is 31.1 Å². The van der Waals surface area contributed by atoms with Crippen LogP contribution in [0.4, 0.5) is 14.9 Å². The number of phenols is 1. The summed E-state index contributed by atoms with van der Waals surface area (Å²) in [6, 6.07) is 11.9. The van der Waals surface area contributed by atoms with Gasteiger partial charge in [0.1, 0.15) is 11.4 Å². The number of phenolic OH excluding ortho intramolecular Hbond substituents is 1. The van der Waals surface area contributed by atoms with Crippen LogP contribution < -0.4 is 9.64 Å². The van der Waals surface area contributed by atoms with Crippen molar-refractivity contribution < 1.29 is 28.6 Å². The number of nitrogens with zero attached hydrogens (tertiary/aromatic N) is 2. The molecule has 2 heterocycles. The Hall–Kier alpha value is -3.52. The van der Waals surface area contributed by atoms with Gasteiger partial charge in [0.25, 0.3) is 5.91 Å². The normalized spacial score (nSPS) is 16.0. The summed E-state index contributed by atoms with van der Waals surface area (Å²) in [6.07, 6.45) is -0.399. The molecule has 2 aliphatic heterocycles. The number of halogens is 2. The molecule has 7 nitrogen and oxygen atoms in total. The smallest absolute Gasteiger partial charge is 0.410 e. The molecule has 0 aromatic heterocycles. The van der Waals surface area contributed by atoms with Crippen molar-refractivity contribution in [1.29, 1.82) is 0 Å². The number of carbonyl (C=O) groups excluding carboxylic acids is 2. The van der Waals surface area contributed by atoms with Crippen LogP contribution in [0.3, 0.4) is 0 Å². The molecule has 5 rings (SSSR count). The molecule has 0 atom stereocenters. The van der Waals surface area contributed by atoms with Crippen LogP contribution in [0, 0.1) is 11.7 Å². The van der Waals surface area contributed by atoms with E-state index in [-0.39, 0.29) is 46.2 Å². The Morgan fingerprint density at radius 1 is 1.22 bits per heavy atom. The van der Waals surface area contributed by atoms with E-state index in [1.807, 2.05) is 24.3 Å². The Balaban J connectivity index is 1.44. The van der Waals surface area contributed by atoms with Crippen LogP contribution in [0.1, 0.15) is 20.8 Å². The third-order valence-electron chi connectivity index (χ3n) is 6.25. The second-order valence-electron chi connectivity index (χ2n) is 10.2. The topological polar surface area (TPSA) is 79.3 Å². The highest BCUT2D eigenvalue weighted by Gasteiger charge is 2.38. The molecule has 9 heteroatoms. The minimum atomic E-state index is -0.699.